The van der Waals surface area contributed by atoms with Crippen molar-refractivity contribution in [2.45, 2.75) is 6.54 Å². The van der Waals surface area contributed by atoms with Crippen LogP contribution in [0.1, 0.15) is 21.6 Å². The fraction of sp³-hybridized carbons (Fsp3) is 0.0385. The molecular weight excluding hydrogens is 428 g/mol. The number of rotatable bonds is 6. The Kier molecular flexibility index (Phi) is 4.81. The van der Waals surface area contributed by atoms with Crippen molar-refractivity contribution in [2.75, 3.05) is 0 Å². The van der Waals surface area contributed by atoms with Crippen molar-refractivity contribution < 1.29 is 9.32 Å². The summed E-state index contributed by atoms with van der Waals surface area (Å²) in [5.41, 5.74) is 5.10. The Labute approximate surface area is 193 Å². The lowest BCUT2D eigenvalue weighted by Gasteiger charge is -2.05. The molecule has 0 fully saturated rings. The second kappa shape index (κ2) is 8.25. The number of benzene rings is 3. The third kappa shape index (κ3) is 3.57. The number of fused-ring (bicyclic) bond motifs is 1. The fourth-order valence-corrected chi connectivity index (χ4v) is 3.94. The van der Waals surface area contributed by atoms with E-state index >= 15 is 0 Å². The highest BCUT2D eigenvalue weighted by Gasteiger charge is 2.22. The van der Waals surface area contributed by atoms with Crippen molar-refractivity contribution in [3.05, 3.63) is 108 Å². The van der Waals surface area contributed by atoms with Crippen molar-refractivity contribution >= 4 is 16.8 Å². The Bertz CT molecular complexity index is 1610. The number of H-pyrrole nitrogens is 1. The van der Waals surface area contributed by atoms with E-state index in [1.165, 1.54) is 6.33 Å². The Morgan fingerprint density at radius 2 is 1.79 bits per heavy atom. The number of hydrogen-bond donors (Lipinski definition) is 1. The van der Waals surface area contributed by atoms with Crippen LogP contribution in [-0.2, 0) is 6.54 Å². The van der Waals surface area contributed by atoms with Gasteiger partial charge in [-0.15, -0.1) is 0 Å². The maximum absolute atomic E-state index is 12.9. The van der Waals surface area contributed by atoms with Gasteiger partial charge in [0, 0.05) is 17.7 Å². The van der Waals surface area contributed by atoms with Crippen molar-refractivity contribution in [2.24, 2.45) is 0 Å². The number of imidazole rings is 2. The molecule has 3 heterocycles. The molecule has 8 heteroatoms. The summed E-state index contributed by atoms with van der Waals surface area (Å²) in [6.45, 7) is 0.662. The summed E-state index contributed by atoms with van der Waals surface area (Å²) in [6.07, 6.45) is 3.29. The van der Waals surface area contributed by atoms with E-state index in [0.717, 1.165) is 22.2 Å². The SMILES string of the molecule is O=C(c1ccccc1)c1nc[nH]c1-c1nc(-c2cccc(Cn3cnc4ccccc43)c2)no1. The molecule has 3 aromatic carbocycles. The third-order valence-corrected chi connectivity index (χ3v) is 5.60. The number of carbonyl (C=O) groups is 1. The molecule has 0 aliphatic rings. The zero-order chi connectivity index (χ0) is 22.9. The fourth-order valence-electron chi connectivity index (χ4n) is 3.94. The molecule has 0 aliphatic carbocycles. The van der Waals surface area contributed by atoms with Gasteiger partial charge < -0.3 is 14.1 Å². The van der Waals surface area contributed by atoms with Gasteiger partial charge in [-0.05, 0) is 23.8 Å². The molecule has 8 nitrogen and oxygen atoms in total. The first-order valence-corrected chi connectivity index (χ1v) is 10.7. The second-order valence-corrected chi connectivity index (χ2v) is 7.81. The lowest BCUT2D eigenvalue weighted by Crippen LogP contribution is -2.03. The maximum atomic E-state index is 12.9. The highest BCUT2D eigenvalue weighted by molar-refractivity contribution is 6.10. The summed E-state index contributed by atoms with van der Waals surface area (Å²) < 4.78 is 7.59. The van der Waals surface area contributed by atoms with Crippen molar-refractivity contribution in [1.29, 1.82) is 0 Å². The molecule has 0 aliphatic heterocycles. The number of nitrogens with zero attached hydrogens (tertiary/aromatic N) is 5. The summed E-state index contributed by atoms with van der Waals surface area (Å²) >= 11 is 0. The predicted octanol–water partition coefficient (Wildman–Crippen LogP) is 4.76. The van der Waals surface area contributed by atoms with Crippen LogP contribution in [0.4, 0.5) is 0 Å². The first-order chi connectivity index (χ1) is 16.8. The number of aromatic amines is 1. The van der Waals surface area contributed by atoms with E-state index in [1.807, 2.05) is 67.0 Å². The van der Waals surface area contributed by atoms with Crippen LogP contribution in [0, 0.1) is 0 Å². The van der Waals surface area contributed by atoms with E-state index in [2.05, 4.69) is 35.7 Å². The highest BCUT2D eigenvalue weighted by Crippen LogP contribution is 2.25. The standard InChI is InChI=1S/C26H18N6O2/c33-24(18-8-2-1-3-9-18)22-23(28-15-27-22)26-30-25(31-34-26)19-10-6-7-17(13-19)14-32-16-29-20-11-4-5-12-21(20)32/h1-13,15-16H,14H2,(H,27,28). The third-order valence-electron chi connectivity index (χ3n) is 5.60. The van der Waals surface area contributed by atoms with Gasteiger partial charge in [0.15, 0.2) is 0 Å². The van der Waals surface area contributed by atoms with Crippen molar-refractivity contribution in [3.8, 4) is 23.0 Å². The predicted molar refractivity (Wildman–Crippen MR) is 126 cm³/mol. The monoisotopic (exact) mass is 446 g/mol. The Hall–Kier alpha value is -4.85. The average Bonchev–Trinajstić information content (AvgIpc) is 3.64. The molecule has 0 saturated heterocycles. The van der Waals surface area contributed by atoms with E-state index in [-0.39, 0.29) is 17.4 Å². The normalized spacial score (nSPS) is 11.2. The Morgan fingerprint density at radius 1 is 0.941 bits per heavy atom. The summed E-state index contributed by atoms with van der Waals surface area (Å²) in [7, 11) is 0. The number of carbonyl (C=O) groups excluding carboxylic acids is 1. The van der Waals surface area contributed by atoms with Gasteiger partial charge in [-0.2, -0.15) is 4.98 Å². The lowest BCUT2D eigenvalue weighted by atomic mass is 10.1. The number of ketones is 1. The molecule has 0 saturated carbocycles. The van der Waals surface area contributed by atoms with E-state index in [0.29, 0.717) is 23.6 Å². The maximum Gasteiger partial charge on any atom is 0.277 e. The van der Waals surface area contributed by atoms with Crippen LogP contribution in [0.2, 0.25) is 0 Å². The Morgan fingerprint density at radius 3 is 2.71 bits per heavy atom. The molecule has 34 heavy (non-hydrogen) atoms. The van der Waals surface area contributed by atoms with Gasteiger partial charge in [-0.3, -0.25) is 4.79 Å². The number of hydrogen-bond acceptors (Lipinski definition) is 6. The molecule has 3 aromatic heterocycles. The van der Waals surface area contributed by atoms with Crippen LogP contribution in [0.5, 0.6) is 0 Å². The van der Waals surface area contributed by atoms with E-state index in [1.54, 1.807) is 12.1 Å². The summed E-state index contributed by atoms with van der Waals surface area (Å²) in [5.74, 6) is 0.420. The first-order valence-electron chi connectivity index (χ1n) is 10.7. The Balaban J connectivity index is 1.29. The molecule has 164 valence electrons. The number of aromatic nitrogens is 6. The van der Waals surface area contributed by atoms with Gasteiger partial charge in [0.2, 0.25) is 11.6 Å². The van der Waals surface area contributed by atoms with E-state index in [9.17, 15) is 4.79 Å². The van der Waals surface area contributed by atoms with Gasteiger partial charge in [0.1, 0.15) is 11.4 Å². The van der Waals surface area contributed by atoms with Gasteiger partial charge in [0.05, 0.1) is 23.7 Å². The molecule has 0 amide bonds. The van der Waals surface area contributed by atoms with Gasteiger partial charge in [-0.1, -0.05) is 65.8 Å². The second-order valence-electron chi connectivity index (χ2n) is 7.81. The minimum Gasteiger partial charge on any atom is -0.340 e. The van der Waals surface area contributed by atoms with Gasteiger partial charge >= 0.3 is 0 Å². The molecular formula is C26H18N6O2. The topological polar surface area (TPSA) is 102 Å². The zero-order valence-corrected chi connectivity index (χ0v) is 17.9. The van der Waals surface area contributed by atoms with Crippen LogP contribution in [-0.4, -0.2) is 35.4 Å². The molecule has 0 radical (unpaired) electrons. The van der Waals surface area contributed by atoms with Gasteiger partial charge in [-0.25, -0.2) is 9.97 Å². The molecule has 1 N–H and O–H groups in total. The van der Waals surface area contributed by atoms with E-state index in [4.69, 9.17) is 4.52 Å². The summed E-state index contributed by atoms with van der Waals surface area (Å²) in [5, 5.41) is 4.14. The van der Waals surface area contributed by atoms with Crippen LogP contribution in [0.3, 0.4) is 0 Å². The van der Waals surface area contributed by atoms with Crippen LogP contribution in [0.25, 0.3) is 34.0 Å². The largest absolute Gasteiger partial charge is 0.340 e. The van der Waals surface area contributed by atoms with Crippen molar-refractivity contribution in [3.63, 3.8) is 0 Å². The summed E-state index contributed by atoms with van der Waals surface area (Å²) in [6, 6.07) is 24.9. The van der Waals surface area contributed by atoms with E-state index < -0.39 is 0 Å². The molecule has 0 unspecified atom stereocenters. The number of para-hydroxylation sites is 2. The quantitative estimate of drug-likeness (QED) is 0.370. The first kappa shape index (κ1) is 19.8. The molecule has 0 atom stereocenters. The average molecular weight is 446 g/mol. The van der Waals surface area contributed by atoms with Gasteiger partial charge in [0.25, 0.3) is 5.89 Å². The smallest absolute Gasteiger partial charge is 0.277 e. The minimum atomic E-state index is -0.217. The van der Waals surface area contributed by atoms with Crippen molar-refractivity contribution in [1.82, 2.24) is 29.7 Å². The molecule has 0 spiro atoms. The number of nitrogens with one attached hydrogen (secondary N) is 1. The zero-order valence-electron chi connectivity index (χ0n) is 17.9. The van der Waals surface area contributed by atoms with Crippen LogP contribution in [0.15, 0.2) is 96.0 Å². The summed E-state index contributed by atoms with van der Waals surface area (Å²) in [4.78, 5) is 29.0. The molecule has 6 rings (SSSR count). The highest BCUT2D eigenvalue weighted by atomic mass is 16.5. The lowest BCUT2D eigenvalue weighted by molar-refractivity contribution is 0.103. The van der Waals surface area contributed by atoms with Crippen LogP contribution >= 0.6 is 0 Å². The molecule has 6 aromatic rings. The molecule has 0 bridgehead atoms. The van der Waals surface area contributed by atoms with Crippen LogP contribution < -0.4 is 0 Å². The minimum absolute atomic E-state index is 0.206.